The first-order valence-corrected chi connectivity index (χ1v) is 12.0. The summed E-state index contributed by atoms with van der Waals surface area (Å²) < 4.78 is 30.2. The van der Waals surface area contributed by atoms with Gasteiger partial charge in [-0.3, -0.25) is 9.40 Å². The summed E-state index contributed by atoms with van der Waals surface area (Å²) in [5, 5.41) is 13.8. The van der Waals surface area contributed by atoms with Gasteiger partial charge in [-0.05, 0) is 57.4 Å². The third-order valence-corrected chi connectivity index (χ3v) is 7.01. The minimum absolute atomic E-state index is 0.0879. The molecule has 3 aromatic rings. The summed E-state index contributed by atoms with van der Waals surface area (Å²) in [6.45, 7) is 6.47. The number of aryl methyl sites for hydroxylation is 3. The molecule has 0 bridgehead atoms. The highest BCUT2D eigenvalue weighted by Crippen LogP contribution is 2.27. The topological polar surface area (TPSA) is 117 Å². The van der Waals surface area contributed by atoms with Gasteiger partial charge >= 0.3 is 5.97 Å². The molecule has 0 aliphatic rings. The molecular formula is C23H29N5O4S. The Bertz CT molecular complexity index is 1270. The lowest BCUT2D eigenvalue weighted by Crippen LogP contribution is -2.24. The maximum absolute atomic E-state index is 12.9. The Morgan fingerprint density at radius 1 is 1.18 bits per heavy atom. The van der Waals surface area contributed by atoms with Gasteiger partial charge in [0.15, 0.2) is 5.82 Å². The van der Waals surface area contributed by atoms with E-state index in [9.17, 15) is 18.3 Å². The third kappa shape index (κ3) is 5.51. The van der Waals surface area contributed by atoms with E-state index in [2.05, 4.69) is 14.8 Å². The smallest absolute Gasteiger partial charge is 0.337 e. The Kier molecular flexibility index (Phi) is 7.06. The van der Waals surface area contributed by atoms with Crippen LogP contribution in [0.3, 0.4) is 0 Å². The first-order chi connectivity index (χ1) is 15.5. The van der Waals surface area contributed by atoms with E-state index < -0.39 is 16.0 Å². The van der Waals surface area contributed by atoms with Crippen molar-refractivity contribution < 1.29 is 18.3 Å². The molecule has 0 fully saturated rings. The molecule has 2 heterocycles. The van der Waals surface area contributed by atoms with Crippen molar-refractivity contribution in [3.63, 3.8) is 0 Å². The summed E-state index contributed by atoms with van der Waals surface area (Å²) in [4.78, 5) is 17.6. The number of carbonyl (C=O) groups is 1. The fourth-order valence-electron chi connectivity index (χ4n) is 3.65. The highest BCUT2D eigenvalue weighted by atomic mass is 32.2. The number of benzene rings is 1. The second-order valence-corrected chi connectivity index (χ2v) is 9.80. The Hall–Kier alpha value is -3.40. The maximum atomic E-state index is 12.9. The number of hydrogen-bond acceptors (Lipinski definition) is 6. The molecule has 0 aliphatic heterocycles. The van der Waals surface area contributed by atoms with Gasteiger partial charge in [0.25, 0.3) is 10.0 Å². The summed E-state index contributed by atoms with van der Waals surface area (Å²) >= 11 is 0. The lowest BCUT2D eigenvalue weighted by Gasteiger charge is -2.22. The highest BCUT2D eigenvalue weighted by Gasteiger charge is 2.20. The van der Waals surface area contributed by atoms with E-state index in [0.29, 0.717) is 12.4 Å². The molecule has 33 heavy (non-hydrogen) atoms. The molecule has 176 valence electrons. The number of nitrogens with zero attached hydrogens (tertiary/aromatic N) is 4. The molecule has 2 aromatic heterocycles. The van der Waals surface area contributed by atoms with Crippen LogP contribution in [-0.2, 0) is 23.5 Å². The van der Waals surface area contributed by atoms with Crippen LogP contribution in [0.1, 0.15) is 39.3 Å². The number of anilines is 2. The molecular weight excluding hydrogens is 442 g/mol. The molecule has 2 N–H and O–H groups in total. The van der Waals surface area contributed by atoms with E-state index in [0.717, 1.165) is 29.8 Å². The van der Waals surface area contributed by atoms with Crippen molar-refractivity contribution in [3.8, 4) is 0 Å². The second-order valence-electron chi connectivity index (χ2n) is 8.12. The number of aromatic carboxylic acids is 1. The average molecular weight is 472 g/mol. The quantitative estimate of drug-likeness (QED) is 0.492. The van der Waals surface area contributed by atoms with Gasteiger partial charge in [0.2, 0.25) is 0 Å². The van der Waals surface area contributed by atoms with Crippen LogP contribution in [0.4, 0.5) is 11.5 Å². The lowest BCUT2D eigenvalue weighted by molar-refractivity contribution is 0.0696. The van der Waals surface area contributed by atoms with Gasteiger partial charge < -0.3 is 10.0 Å². The second kappa shape index (κ2) is 9.62. The van der Waals surface area contributed by atoms with Gasteiger partial charge in [0, 0.05) is 32.5 Å². The number of nitrogens with one attached hydrogen (secondary N) is 1. The van der Waals surface area contributed by atoms with Crippen LogP contribution >= 0.6 is 0 Å². The minimum Gasteiger partial charge on any atom is -0.478 e. The molecule has 0 spiro atoms. The fourth-order valence-corrected chi connectivity index (χ4v) is 4.71. The monoisotopic (exact) mass is 471 g/mol. The van der Waals surface area contributed by atoms with Crippen molar-refractivity contribution in [2.75, 3.05) is 23.2 Å². The minimum atomic E-state index is -3.92. The summed E-state index contributed by atoms with van der Waals surface area (Å²) in [5.74, 6) is -0.828. The zero-order valence-electron chi connectivity index (χ0n) is 19.5. The van der Waals surface area contributed by atoms with Gasteiger partial charge in [-0.2, -0.15) is 5.10 Å². The normalized spacial score (nSPS) is 11.4. The van der Waals surface area contributed by atoms with Crippen LogP contribution in [0.2, 0.25) is 0 Å². The Labute approximate surface area is 194 Å². The van der Waals surface area contributed by atoms with Crippen LogP contribution in [0.5, 0.6) is 0 Å². The van der Waals surface area contributed by atoms with E-state index in [1.165, 1.54) is 30.0 Å². The summed E-state index contributed by atoms with van der Waals surface area (Å²) in [7, 11) is -0.205. The molecule has 9 nitrogen and oxygen atoms in total. The molecule has 1 aromatic carbocycles. The summed E-state index contributed by atoms with van der Waals surface area (Å²) in [5.41, 5.74) is 4.25. The van der Waals surface area contributed by atoms with E-state index in [4.69, 9.17) is 0 Å². The molecule has 0 saturated carbocycles. The number of carboxylic acid groups (broad SMARTS) is 1. The lowest BCUT2D eigenvalue weighted by atomic mass is 10.1. The molecule has 0 saturated heterocycles. The largest absolute Gasteiger partial charge is 0.478 e. The van der Waals surface area contributed by atoms with E-state index in [1.807, 2.05) is 37.4 Å². The number of pyridine rings is 1. The first-order valence-electron chi connectivity index (χ1n) is 10.5. The standard InChI is InChI=1S/C23H29N5O4S/c1-15-8-10-19(11-9-15)33(31,32)26-21-13-18(23(29)30)14-24-22(21)27(4)12-6-7-20-16(2)25-28(5)17(20)3/h8-11,13-14,26H,6-7,12H2,1-5H3,(H,29,30). The van der Waals surface area contributed by atoms with Crippen molar-refractivity contribution in [1.82, 2.24) is 14.8 Å². The Morgan fingerprint density at radius 3 is 2.42 bits per heavy atom. The SMILES string of the molecule is Cc1ccc(S(=O)(=O)Nc2cc(C(=O)O)cnc2N(C)CCCc2c(C)nn(C)c2C)cc1. The van der Waals surface area contributed by atoms with Gasteiger partial charge in [-0.1, -0.05) is 17.7 Å². The van der Waals surface area contributed by atoms with Gasteiger partial charge in [0.05, 0.1) is 21.8 Å². The molecule has 0 amide bonds. The van der Waals surface area contributed by atoms with Gasteiger partial charge in [0.1, 0.15) is 0 Å². The van der Waals surface area contributed by atoms with Crippen molar-refractivity contribution in [3.05, 3.63) is 64.6 Å². The van der Waals surface area contributed by atoms with Crippen LogP contribution in [-0.4, -0.2) is 47.9 Å². The molecule has 10 heteroatoms. The summed E-state index contributed by atoms with van der Waals surface area (Å²) in [6.07, 6.45) is 2.83. The van der Waals surface area contributed by atoms with E-state index in [-0.39, 0.29) is 16.1 Å². The van der Waals surface area contributed by atoms with Crippen LogP contribution in [0, 0.1) is 20.8 Å². The Balaban J connectivity index is 1.83. The van der Waals surface area contributed by atoms with E-state index in [1.54, 1.807) is 19.2 Å². The molecule has 0 atom stereocenters. The van der Waals surface area contributed by atoms with E-state index >= 15 is 0 Å². The number of carboxylic acids is 1. The zero-order valence-corrected chi connectivity index (χ0v) is 20.3. The molecule has 3 rings (SSSR count). The van der Waals surface area contributed by atoms with Gasteiger partial charge in [-0.15, -0.1) is 0 Å². The zero-order chi connectivity index (χ0) is 24.3. The maximum Gasteiger partial charge on any atom is 0.337 e. The average Bonchev–Trinajstić information content (AvgIpc) is 2.99. The molecule has 0 radical (unpaired) electrons. The van der Waals surface area contributed by atoms with Crippen molar-refractivity contribution in [2.24, 2.45) is 7.05 Å². The van der Waals surface area contributed by atoms with Crippen molar-refractivity contribution in [1.29, 1.82) is 0 Å². The number of aromatic nitrogens is 3. The summed E-state index contributed by atoms with van der Waals surface area (Å²) in [6, 6.07) is 7.72. The van der Waals surface area contributed by atoms with Crippen LogP contribution in [0.25, 0.3) is 0 Å². The molecule has 0 unspecified atom stereocenters. The van der Waals surface area contributed by atoms with Crippen LogP contribution in [0.15, 0.2) is 41.4 Å². The van der Waals surface area contributed by atoms with Crippen molar-refractivity contribution in [2.45, 2.75) is 38.5 Å². The van der Waals surface area contributed by atoms with Crippen LogP contribution < -0.4 is 9.62 Å². The fraction of sp³-hybridized carbons (Fsp3) is 0.348. The predicted octanol–water partition coefficient (Wildman–Crippen LogP) is 3.31. The highest BCUT2D eigenvalue weighted by molar-refractivity contribution is 7.92. The predicted molar refractivity (Wildman–Crippen MR) is 127 cm³/mol. The first kappa shape index (κ1) is 24.2. The number of sulfonamides is 1. The van der Waals surface area contributed by atoms with Crippen molar-refractivity contribution >= 4 is 27.5 Å². The number of rotatable bonds is 9. The Morgan fingerprint density at radius 2 is 1.85 bits per heavy atom. The van der Waals surface area contributed by atoms with Gasteiger partial charge in [-0.25, -0.2) is 18.2 Å². The third-order valence-electron chi connectivity index (χ3n) is 5.63. The molecule has 0 aliphatic carbocycles. The number of hydrogen-bond donors (Lipinski definition) is 2.